The number of nitrogens with zero attached hydrogens (tertiary/aromatic N) is 6. The highest BCUT2D eigenvalue weighted by Crippen LogP contribution is 2.35. The third-order valence-corrected chi connectivity index (χ3v) is 5.21. The van der Waals surface area contributed by atoms with E-state index >= 15 is 0 Å². The quantitative estimate of drug-likeness (QED) is 0.463. The Bertz CT molecular complexity index is 889. The Morgan fingerprint density at radius 3 is 2.16 bits per heavy atom. The van der Waals surface area contributed by atoms with E-state index in [9.17, 15) is 14.5 Å². The third kappa shape index (κ3) is 5.39. The van der Waals surface area contributed by atoms with Crippen molar-refractivity contribution in [3.63, 3.8) is 0 Å². The molecule has 2 heterocycles. The van der Waals surface area contributed by atoms with Crippen LogP contribution in [0.2, 0.25) is 0 Å². The van der Waals surface area contributed by atoms with Crippen LogP contribution in [0.25, 0.3) is 0 Å². The van der Waals surface area contributed by atoms with E-state index in [1.807, 2.05) is 20.8 Å². The summed E-state index contributed by atoms with van der Waals surface area (Å²) in [7, 11) is 0. The van der Waals surface area contributed by atoms with E-state index in [1.54, 1.807) is 12.1 Å². The van der Waals surface area contributed by atoms with Crippen molar-refractivity contribution in [3.8, 4) is 0 Å². The second kappa shape index (κ2) is 9.89. The molecule has 0 unspecified atom stereocenters. The van der Waals surface area contributed by atoms with Crippen molar-refractivity contribution < 1.29 is 9.31 Å². The molecule has 2 aromatic rings. The summed E-state index contributed by atoms with van der Waals surface area (Å²) >= 11 is 0. The lowest BCUT2D eigenvalue weighted by molar-refractivity contribution is -0.383. The highest BCUT2D eigenvalue weighted by molar-refractivity contribution is 5.71. The Kier molecular flexibility index (Phi) is 7.25. The molecule has 0 spiro atoms. The van der Waals surface area contributed by atoms with Crippen molar-refractivity contribution in [2.24, 2.45) is 11.8 Å². The molecule has 0 N–H and O–H groups in total. The molecule has 9 heteroatoms. The number of benzene rings is 1. The summed E-state index contributed by atoms with van der Waals surface area (Å²) in [5, 5.41) is 12.1. The zero-order chi connectivity index (χ0) is 22.5. The molecule has 8 nitrogen and oxygen atoms in total. The number of aromatic nitrogens is 2. The molecule has 0 aliphatic carbocycles. The van der Waals surface area contributed by atoms with Gasteiger partial charge in [-0.2, -0.15) is 0 Å². The maximum atomic E-state index is 14.1. The number of hydrogen-bond acceptors (Lipinski definition) is 7. The number of anilines is 3. The number of hydrogen-bond donors (Lipinski definition) is 0. The van der Waals surface area contributed by atoms with Crippen molar-refractivity contribution in [3.05, 3.63) is 46.5 Å². The van der Waals surface area contributed by atoms with Gasteiger partial charge in [-0.25, -0.2) is 14.4 Å². The van der Waals surface area contributed by atoms with Crippen molar-refractivity contribution in [2.75, 3.05) is 54.0 Å². The Hall–Kier alpha value is -2.97. The zero-order valence-corrected chi connectivity index (χ0v) is 18.7. The van der Waals surface area contributed by atoms with E-state index in [4.69, 9.17) is 0 Å². The topological polar surface area (TPSA) is 78.6 Å². The Morgan fingerprint density at radius 1 is 1.03 bits per heavy atom. The largest absolute Gasteiger partial charge is 0.366 e. The molecule has 1 aliphatic rings. The molecule has 1 aromatic heterocycles. The summed E-state index contributed by atoms with van der Waals surface area (Å²) in [6.07, 6.45) is 1.41. The van der Waals surface area contributed by atoms with Crippen molar-refractivity contribution in [2.45, 2.75) is 27.7 Å². The smallest absolute Gasteiger partial charge is 0.353 e. The molecule has 1 saturated heterocycles. The fourth-order valence-electron chi connectivity index (χ4n) is 3.98. The van der Waals surface area contributed by atoms with Gasteiger partial charge in [-0.1, -0.05) is 39.8 Å². The molecule has 0 radical (unpaired) electrons. The van der Waals surface area contributed by atoms with E-state index in [1.165, 1.54) is 12.4 Å². The average Bonchev–Trinajstić information content (AvgIpc) is 2.72. The van der Waals surface area contributed by atoms with Crippen LogP contribution >= 0.6 is 0 Å². The molecule has 1 aliphatic heterocycles. The minimum atomic E-state index is -0.373. The summed E-state index contributed by atoms with van der Waals surface area (Å²) in [5.41, 5.74) is 0.503. The number of nitro groups is 1. The molecular formula is C22H31FN6O2. The van der Waals surface area contributed by atoms with Crippen molar-refractivity contribution in [1.29, 1.82) is 0 Å². The second-order valence-corrected chi connectivity index (χ2v) is 8.74. The predicted molar refractivity (Wildman–Crippen MR) is 121 cm³/mol. The van der Waals surface area contributed by atoms with Gasteiger partial charge in [0.1, 0.15) is 12.1 Å². The van der Waals surface area contributed by atoms with Crippen LogP contribution in [-0.2, 0) is 0 Å². The molecule has 3 rings (SSSR count). The molecule has 0 amide bonds. The second-order valence-electron chi connectivity index (χ2n) is 8.74. The molecule has 1 aromatic carbocycles. The Balaban J connectivity index is 1.87. The first-order chi connectivity index (χ1) is 14.8. The molecule has 0 saturated carbocycles. The highest BCUT2D eigenvalue weighted by Gasteiger charge is 2.32. The molecule has 0 atom stereocenters. The van der Waals surface area contributed by atoms with Crippen LogP contribution in [0, 0.1) is 27.8 Å². The van der Waals surface area contributed by atoms with E-state index < -0.39 is 0 Å². The van der Waals surface area contributed by atoms with Crippen LogP contribution in [0.1, 0.15) is 27.7 Å². The van der Waals surface area contributed by atoms with Gasteiger partial charge in [0, 0.05) is 39.3 Å². The van der Waals surface area contributed by atoms with Crippen LogP contribution < -0.4 is 14.7 Å². The maximum absolute atomic E-state index is 14.1. The monoisotopic (exact) mass is 430 g/mol. The number of para-hydroxylation sites is 1. The summed E-state index contributed by atoms with van der Waals surface area (Å²) in [6.45, 7) is 11.8. The summed E-state index contributed by atoms with van der Waals surface area (Å²) in [6, 6.07) is 6.68. The van der Waals surface area contributed by atoms with Crippen LogP contribution in [0.15, 0.2) is 30.6 Å². The lowest BCUT2D eigenvalue weighted by Crippen LogP contribution is -2.47. The first-order valence-electron chi connectivity index (χ1n) is 10.8. The normalized spacial score (nSPS) is 14.4. The zero-order valence-electron chi connectivity index (χ0n) is 18.7. The lowest BCUT2D eigenvalue weighted by atomic mass is 10.1. The highest BCUT2D eigenvalue weighted by atomic mass is 19.1. The van der Waals surface area contributed by atoms with Gasteiger partial charge in [0.15, 0.2) is 0 Å². The number of rotatable bonds is 8. The number of halogens is 1. The van der Waals surface area contributed by atoms with E-state index in [-0.39, 0.29) is 16.4 Å². The van der Waals surface area contributed by atoms with Gasteiger partial charge in [0.25, 0.3) is 0 Å². The summed E-state index contributed by atoms with van der Waals surface area (Å²) < 4.78 is 14.1. The van der Waals surface area contributed by atoms with Gasteiger partial charge in [-0.3, -0.25) is 10.1 Å². The predicted octanol–water partition coefficient (Wildman–Crippen LogP) is 3.97. The lowest BCUT2D eigenvalue weighted by Gasteiger charge is -2.37. The average molecular weight is 431 g/mol. The fourth-order valence-corrected chi connectivity index (χ4v) is 3.98. The van der Waals surface area contributed by atoms with Crippen molar-refractivity contribution >= 4 is 23.0 Å². The maximum Gasteiger partial charge on any atom is 0.353 e. The summed E-state index contributed by atoms with van der Waals surface area (Å²) in [5.74, 6) is 1.11. The van der Waals surface area contributed by atoms with E-state index in [0.29, 0.717) is 68.4 Å². The molecule has 1 fully saturated rings. The van der Waals surface area contributed by atoms with Crippen molar-refractivity contribution in [1.82, 2.24) is 9.97 Å². The Morgan fingerprint density at radius 2 is 1.61 bits per heavy atom. The molecule has 31 heavy (non-hydrogen) atoms. The Labute approximate surface area is 182 Å². The van der Waals surface area contributed by atoms with Gasteiger partial charge >= 0.3 is 5.69 Å². The third-order valence-electron chi connectivity index (χ3n) is 5.21. The van der Waals surface area contributed by atoms with Gasteiger partial charge in [-0.05, 0) is 24.0 Å². The minimum absolute atomic E-state index is 0.0526. The van der Waals surface area contributed by atoms with Crippen LogP contribution in [0.4, 0.5) is 27.4 Å². The van der Waals surface area contributed by atoms with Crippen LogP contribution in [0.3, 0.4) is 0 Å². The van der Waals surface area contributed by atoms with Gasteiger partial charge in [-0.15, -0.1) is 0 Å². The van der Waals surface area contributed by atoms with Gasteiger partial charge in [0.2, 0.25) is 11.6 Å². The van der Waals surface area contributed by atoms with Gasteiger partial charge in [0.05, 0.1) is 10.6 Å². The molecular weight excluding hydrogens is 399 g/mol. The first kappa shape index (κ1) is 22.7. The van der Waals surface area contributed by atoms with E-state index in [0.717, 1.165) is 0 Å². The van der Waals surface area contributed by atoms with E-state index in [2.05, 4.69) is 37.7 Å². The molecule has 168 valence electrons. The minimum Gasteiger partial charge on any atom is -0.366 e. The van der Waals surface area contributed by atoms with Gasteiger partial charge < -0.3 is 14.7 Å². The first-order valence-corrected chi connectivity index (χ1v) is 10.8. The number of piperazine rings is 1. The fraction of sp³-hybridized carbons (Fsp3) is 0.545. The standard InChI is InChI=1S/C22H31FN6O2/c1-16(2)13-28(14-17(3)4)22-20(29(30)31)21(24-15-25-22)27-11-9-26(10-12-27)19-8-6-5-7-18(19)23/h5-8,15-17H,9-14H2,1-4H3. The SMILES string of the molecule is CC(C)CN(CC(C)C)c1ncnc(N2CCN(c3ccccc3F)CC2)c1[N+](=O)[O-]. The van der Waals surface area contributed by atoms with Crippen LogP contribution in [0.5, 0.6) is 0 Å². The molecule has 0 bridgehead atoms. The van der Waals surface area contributed by atoms with Crippen LogP contribution in [-0.4, -0.2) is 54.2 Å². The summed E-state index contributed by atoms with van der Waals surface area (Å²) in [4.78, 5) is 26.2.